The Balaban J connectivity index is 2.04. The molecule has 1 fully saturated rings. The van der Waals surface area contributed by atoms with E-state index in [9.17, 15) is 31.2 Å². The summed E-state index contributed by atoms with van der Waals surface area (Å²) in [6, 6.07) is 5.01. The van der Waals surface area contributed by atoms with Crippen LogP contribution in [0.3, 0.4) is 0 Å². The number of hydrogen-bond donors (Lipinski definition) is 1. The van der Waals surface area contributed by atoms with Crippen molar-refractivity contribution in [3.63, 3.8) is 0 Å². The highest BCUT2D eigenvalue weighted by molar-refractivity contribution is 7.89. The van der Waals surface area contributed by atoms with Crippen molar-refractivity contribution in [2.24, 2.45) is 0 Å². The van der Waals surface area contributed by atoms with Gasteiger partial charge in [-0.25, -0.2) is 8.42 Å². The molecule has 0 radical (unpaired) electrons. The van der Waals surface area contributed by atoms with Crippen molar-refractivity contribution in [2.45, 2.75) is 43.3 Å². The largest absolute Gasteiger partial charge is 0.454 e. The first-order valence-corrected chi connectivity index (χ1v) is 10.0. The Morgan fingerprint density at radius 1 is 1.21 bits per heavy atom. The van der Waals surface area contributed by atoms with Crippen LogP contribution >= 0.6 is 0 Å². The molecule has 1 aliphatic rings. The maximum Gasteiger partial charge on any atom is 0.405 e. The summed E-state index contributed by atoms with van der Waals surface area (Å²) < 4.78 is 67.8. The van der Waals surface area contributed by atoms with E-state index in [1.807, 2.05) is 0 Å². The van der Waals surface area contributed by atoms with Gasteiger partial charge in [-0.2, -0.15) is 17.5 Å². The molecule has 1 saturated heterocycles. The molecule has 28 heavy (non-hydrogen) atoms. The molecule has 156 valence electrons. The summed E-state index contributed by atoms with van der Waals surface area (Å²) in [6.45, 7) is -0.540. The molecule has 2 rings (SSSR count). The number of amides is 1. The fourth-order valence-electron chi connectivity index (χ4n) is 2.76. The summed E-state index contributed by atoms with van der Waals surface area (Å²) in [4.78, 5) is 23.7. The first kappa shape index (κ1) is 22.2. The number of hydrogen-bond acceptors (Lipinski definition) is 5. The molecule has 0 aliphatic carbocycles. The molecular weight excluding hydrogens is 401 g/mol. The number of alkyl halides is 3. The lowest BCUT2D eigenvalue weighted by Gasteiger charge is -2.33. The van der Waals surface area contributed by atoms with Gasteiger partial charge in [-0.05, 0) is 38.3 Å². The molecule has 0 unspecified atom stereocenters. The zero-order valence-corrected chi connectivity index (χ0v) is 16.0. The van der Waals surface area contributed by atoms with Gasteiger partial charge in [-0.1, -0.05) is 17.7 Å². The molecule has 7 nitrogen and oxygen atoms in total. The number of nitrogens with zero attached hydrogens (tertiary/aromatic N) is 1. The van der Waals surface area contributed by atoms with Crippen LogP contribution in [0.15, 0.2) is 29.2 Å². The van der Waals surface area contributed by atoms with Crippen LogP contribution in [0.25, 0.3) is 0 Å². The molecule has 1 aliphatic heterocycles. The van der Waals surface area contributed by atoms with Gasteiger partial charge in [0.2, 0.25) is 10.0 Å². The van der Waals surface area contributed by atoms with Gasteiger partial charge in [0.15, 0.2) is 6.61 Å². The van der Waals surface area contributed by atoms with Crippen LogP contribution in [-0.4, -0.2) is 56.5 Å². The van der Waals surface area contributed by atoms with Gasteiger partial charge in [-0.3, -0.25) is 9.59 Å². The number of nitrogens with one attached hydrogen (secondary N) is 1. The minimum absolute atomic E-state index is 0.0284. The van der Waals surface area contributed by atoms with Crippen molar-refractivity contribution in [1.82, 2.24) is 9.62 Å². The molecule has 1 atom stereocenters. The van der Waals surface area contributed by atoms with Crippen LogP contribution in [0.1, 0.15) is 24.8 Å². The predicted molar refractivity (Wildman–Crippen MR) is 92.7 cm³/mol. The summed E-state index contributed by atoms with van der Waals surface area (Å²) in [5.74, 6) is -2.08. The topological polar surface area (TPSA) is 92.8 Å². The number of piperidine rings is 1. The number of carbonyl (C=O) groups is 2. The number of sulfonamides is 1. The van der Waals surface area contributed by atoms with Crippen molar-refractivity contribution in [3.8, 4) is 0 Å². The van der Waals surface area contributed by atoms with E-state index in [0.717, 1.165) is 9.87 Å². The van der Waals surface area contributed by atoms with Gasteiger partial charge in [0.25, 0.3) is 5.91 Å². The smallest absolute Gasteiger partial charge is 0.405 e. The van der Waals surface area contributed by atoms with E-state index in [0.29, 0.717) is 12.8 Å². The van der Waals surface area contributed by atoms with E-state index in [1.165, 1.54) is 12.1 Å². The molecule has 0 aromatic heterocycles. The minimum atomic E-state index is -4.58. The Bertz CT molecular complexity index is 809. The lowest BCUT2D eigenvalue weighted by molar-refractivity contribution is -0.155. The van der Waals surface area contributed by atoms with Crippen LogP contribution in [0.4, 0.5) is 13.2 Å². The first-order valence-electron chi connectivity index (χ1n) is 8.59. The number of aryl methyl sites for hydroxylation is 1. The van der Waals surface area contributed by atoms with Crippen molar-refractivity contribution in [3.05, 3.63) is 29.8 Å². The Labute approximate surface area is 160 Å². The van der Waals surface area contributed by atoms with Gasteiger partial charge in [0.1, 0.15) is 12.6 Å². The van der Waals surface area contributed by atoms with E-state index in [4.69, 9.17) is 4.74 Å². The molecule has 0 spiro atoms. The van der Waals surface area contributed by atoms with Crippen molar-refractivity contribution >= 4 is 21.9 Å². The van der Waals surface area contributed by atoms with E-state index in [1.54, 1.807) is 24.4 Å². The highest BCUT2D eigenvalue weighted by Crippen LogP contribution is 2.26. The van der Waals surface area contributed by atoms with Gasteiger partial charge < -0.3 is 10.1 Å². The van der Waals surface area contributed by atoms with Gasteiger partial charge in [-0.15, -0.1) is 0 Å². The SMILES string of the molecule is Cc1ccc(S(=O)(=O)N2CCCC[C@@H]2C(=O)OCC(=O)NCC(F)(F)F)cc1. The Kier molecular flexibility index (Phi) is 7.05. The number of carbonyl (C=O) groups excluding carboxylic acids is 2. The van der Waals surface area contributed by atoms with Crippen LogP contribution in [0.5, 0.6) is 0 Å². The first-order chi connectivity index (χ1) is 13.0. The maximum atomic E-state index is 12.9. The zero-order valence-electron chi connectivity index (χ0n) is 15.2. The molecular formula is C17H21F3N2O5S. The molecule has 1 N–H and O–H groups in total. The van der Waals surface area contributed by atoms with Gasteiger partial charge in [0, 0.05) is 6.54 Å². The predicted octanol–water partition coefficient (Wildman–Crippen LogP) is 1.76. The molecule has 1 amide bonds. The molecule has 1 aromatic rings. The third kappa shape index (κ3) is 5.93. The number of benzene rings is 1. The van der Waals surface area contributed by atoms with E-state index in [-0.39, 0.29) is 17.9 Å². The van der Waals surface area contributed by atoms with Crippen LogP contribution < -0.4 is 5.32 Å². The molecule has 0 saturated carbocycles. The Hall–Kier alpha value is -2.14. The number of ether oxygens (including phenoxy) is 1. The maximum absolute atomic E-state index is 12.9. The summed E-state index contributed by atoms with van der Waals surface area (Å²) in [6.07, 6.45) is -3.24. The fourth-order valence-corrected chi connectivity index (χ4v) is 4.40. The molecule has 1 heterocycles. The number of halogens is 3. The summed E-state index contributed by atoms with van der Waals surface area (Å²) in [5, 5.41) is 1.58. The average molecular weight is 422 g/mol. The fraction of sp³-hybridized carbons (Fsp3) is 0.529. The second kappa shape index (κ2) is 8.91. The molecule has 1 aromatic carbocycles. The highest BCUT2D eigenvalue weighted by Gasteiger charge is 2.38. The summed E-state index contributed by atoms with van der Waals surface area (Å²) in [5.41, 5.74) is 0.874. The lowest BCUT2D eigenvalue weighted by atomic mass is 10.1. The highest BCUT2D eigenvalue weighted by atomic mass is 32.2. The summed E-state index contributed by atoms with van der Waals surface area (Å²) >= 11 is 0. The standard InChI is InChI=1S/C17H21F3N2O5S/c1-12-5-7-13(8-6-12)28(25,26)22-9-3-2-4-14(22)16(24)27-10-15(23)21-11-17(18,19)20/h5-8,14H,2-4,9-11H2,1H3,(H,21,23)/t14-/m1/s1. The Morgan fingerprint density at radius 3 is 2.46 bits per heavy atom. The van der Waals surface area contributed by atoms with E-state index < -0.39 is 47.3 Å². The molecule has 11 heteroatoms. The van der Waals surface area contributed by atoms with Gasteiger partial charge >= 0.3 is 12.1 Å². The third-order valence-electron chi connectivity index (χ3n) is 4.18. The monoisotopic (exact) mass is 422 g/mol. The van der Waals surface area contributed by atoms with Crippen LogP contribution in [-0.2, 0) is 24.3 Å². The second-order valence-electron chi connectivity index (χ2n) is 6.44. The van der Waals surface area contributed by atoms with Crippen molar-refractivity contribution in [2.75, 3.05) is 19.7 Å². The van der Waals surface area contributed by atoms with E-state index >= 15 is 0 Å². The molecule has 0 bridgehead atoms. The number of esters is 1. The second-order valence-corrected chi connectivity index (χ2v) is 8.33. The quantitative estimate of drug-likeness (QED) is 0.706. The van der Waals surface area contributed by atoms with Crippen LogP contribution in [0.2, 0.25) is 0 Å². The average Bonchev–Trinajstić information content (AvgIpc) is 2.64. The normalized spacial score (nSPS) is 18.5. The lowest BCUT2D eigenvalue weighted by Crippen LogP contribution is -2.49. The minimum Gasteiger partial charge on any atom is -0.454 e. The van der Waals surface area contributed by atoms with Gasteiger partial charge in [0.05, 0.1) is 4.90 Å². The third-order valence-corrected chi connectivity index (χ3v) is 6.11. The summed E-state index contributed by atoms with van der Waals surface area (Å²) in [7, 11) is -3.96. The zero-order chi connectivity index (χ0) is 20.9. The van der Waals surface area contributed by atoms with Crippen molar-refractivity contribution < 1.29 is 35.9 Å². The van der Waals surface area contributed by atoms with E-state index in [2.05, 4.69) is 0 Å². The Morgan fingerprint density at radius 2 is 1.86 bits per heavy atom. The van der Waals surface area contributed by atoms with Crippen molar-refractivity contribution in [1.29, 1.82) is 0 Å². The number of rotatable bonds is 6. The van der Waals surface area contributed by atoms with Crippen LogP contribution in [0, 0.1) is 6.92 Å².